The Hall–Kier alpha value is -2.97. The summed E-state index contributed by atoms with van der Waals surface area (Å²) in [5, 5.41) is 2.85. The van der Waals surface area contributed by atoms with E-state index in [0.717, 1.165) is 16.0 Å². The van der Waals surface area contributed by atoms with Crippen LogP contribution in [0.4, 0.5) is 11.4 Å². The van der Waals surface area contributed by atoms with Gasteiger partial charge in [-0.2, -0.15) is 0 Å². The van der Waals surface area contributed by atoms with Crippen LogP contribution in [-0.2, 0) is 14.8 Å². The second kappa shape index (κ2) is 8.88. The fourth-order valence-corrected chi connectivity index (χ4v) is 5.41. The first-order valence-electron chi connectivity index (χ1n) is 10.1. The van der Waals surface area contributed by atoms with E-state index in [1.54, 1.807) is 54.2 Å². The average molecular weight is 469 g/mol. The van der Waals surface area contributed by atoms with Gasteiger partial charge < -0.3 is 10.1 Å². The molecule has 0 spiro atoms. The van der Waals surface area contributed by atoms with Gasteiger partial charge in [0.05, 0.1) is 17.1 Å². The molecule has 0 saturated carbocycles. The Balaban J connectivity index is 1.68. The molecule has 1 unspecified atom stereocenters. The lowest BCUT2D eigenvalue weighted by atomic mass is 10.1. The van der Waals surface area contributed by atoms with Crippen molar-refractivity contribution in [2.45, 2.75) is 29.7 Å². The lowest BCUT2D eigenvalue weighted by Gasteiger charge is -2.35. The maximum absolute atomic E-state index is 13.5. The molecule has 166 valence electrons. The number of hydrogen-bond acceptors (Lipinski definition) is 5. The van der Waals surface area contributed by atoms with Crippen LogP contribution in [0.3, 0.4) is 0 Å². The van der Waals surface area contributed by atoms with Crippen molar-refractivity contribution in [3.63, 3.8) is 0 Å². The Morgan fingerprint density at radius 2 is 1.75 bits per heavy atom. The molecule has 0 saturated heterocycles. The molecule has 6 nitrogen and oxygen atoms in total. The van der Waals surface area contributed by atoms with E-state index < -0.39 is 22.0 Å². The molecule has 1 aliphatic heterocycles. The highest BCUT2D eigenvalue weighted by Crippen LogP contribution is 2.38. The molecule has 0 radical (unpaired) electrons. The van der Waals surface area contributed by atoms with Crippen molar-refractivity contribution >= 4 is 39.1 Å². The van der Waals surface area contributed by atoms with Gasteiger partial charge in [0.25, 0.3) is 15.9 Å². The third kappa shape index (κ3) is 4.47. The van der Waals surface area contributed by atoms with Crippen LogP contribution in [0.2, 0.25) is 0 Å². The lowest BCUT2D eigenvalue weighted by Crippen LogP contribution is -2.48. The normalized spacial score (nSPS) is 15.6. The van der Waals surface area contributed by atoms with Gasteiger partial charge in [0.1, 0.15) is 5.75 Å². The summed E-state index contributed by atoms with van der Waals surface area (Å²) in [7, 11) is -3.89. The maximum atomic E-state index is 13.5. The molecule has 3 aromatic carbocycles. The zero-order valence-corrected chi connectivity index (χ0v) is 19.7. The molecule has 1 N–H and O–H groups in total. The highest BCUT2D eigenvalue weighted by atomic mass is 32.2. The number of aryl methyl sites for hydroxylation is 2. The van der Waals surface area contributed by atoms with Gasteiger partial charge in [0.15, 0.2) is 6.10 Å². The number of benzene rings is 3. The van der Waals surface area contributed by atoms with Gasteiger partial charge in [0.2, 0.25) is 0 Å². The summed E-state index contributed by atoms with van der Waals surface area (Å²) in [6.07, 6.45) is 0.959. The summed E-state index contributed by atoms with van der Waals surface area (Å²) < 4.78 is 34.2. The number of rotatable bonds is 5. The SMILES string of the molecule is CSc1cccc(NC(=O)C2CN(S(=O)(=O)c3ccc(C)cc3)c3cc(C)ccc3O2)c1. The average Bonchev–Trinajstić information content (AvgIpc) is 2.78. The zero-order valence-electron chi connectivity index (χ0n) is 18.0. The Labute approximate surface area is 192 Å². The summed E-state index contributed by atoms with van der Waals surface area (Å²) in [5.41, 5.74) is 2.92. The molecule has 8 heteroatoms. The molecular formula is C24H24N2O4S2. The number of carbonyl (C=O) groups is 1. The smallest absolute Gasteiger partial charge is 0.267 e. The van der Waals surface area contributed by atoms with E-state index in [0.29, 0.717) is 17.1 Å². The number of nitrogens with one attached hydrogen (secondary N) is 1. The quantitative estimate of drug-likeness (QED) is 0.553. The summed E-state index contributed by atoms with van der Waals surface area (Å²) in [6, 6.07) is 19.4. The Morgan fingerprint density at radius 3 is 2.47 bits per heavy atom. The molecule has 3 aromatic rings. The lowest BCUT2D eigenvalue weighted by molar-refractivity contribution is -0.122. The van der Waals surface area contributed by atoms with Crippen molar-refractivity contribution in [2.24, 2.45) is 0 Å². The van der Waals surface area contributed by atoms with Gasteiger partial charge in [0, 0.05) is 10.6 Å². The van der Waals surface area contributed by atoms with Crippen LogP contribution in [0.1, 0.15) is 11.1 Å². The minimum Gasteiger partial charge on any atom is -0.476 e. The van der Waals surface area contributed by atoms with Crippen LogP contribution in [0.15, 0.2) is 76.5 Å². The molecule has 0 fully saturated rings. The predicted molar refractivity (Wildman–Crippen MR) is 128 cm³/mol. The third-order valence-electron chi connectivity index (χ3n) is 5.22. The minimum absolute atomic E-state index is 0.124. The van der Waals surface area contributed by atoms with Gasteiger partial charge in [-0.15, -0.1) is 11.8 Å². The van der Waals surface area contributed by atoms with Crippen LogP contribution in [0.5, 0.6) is 5.75 Å². The standard InChI is InChI=1S/C24H24N2O4S2/c1-16-7-10-20(11-8-16)32(28,29)26-15-23(30-22-12-9-17(2)13-21(22)26)24(27)25-18-5-4-6-19(14-18)31-3/h4-14,23H,15H2,1-3H3,(H,25,27). The summed E-state index contributed by atoms with van der Waals surface area (Å²) in [4.78, 5) is 14.2. The molecule has 1 heterocycles. The molecule has 0 bridgehead atoms. The molecule has 4 rings (SSSR count). The first kappa shape index (κ1) is 22.2. The summed E-state index contributed by atoms with van der Waals surface area (Å²) in [6.45, 7) is 3.66. The van der Waals surface area contributed by atoms with E-state index in [9.17, 15) is 13.2 Å². The topological polar surface area (TPSA) is 75.7 Å². The van der Waals surface area contributed by atoms with Crippen molar-refractivity contribution in [3.8, 4) is 5.75 Å². The number of thioether (sulfide) groups is 1. The molecule has 1 amide bonds. The maximum Gasteiger partial charge on any atom is 0.267 e. The third-order valence-corrected chi connectivity index (χ3v) is 7.74. The zero-order chi connectivity index (χ0) is 22.9. The number of fused-ring (bicyclic) bond motifs is 1. The van der Waals surface area contributed by atoms with E-state index in [-0.39, 0.29) is 11.4 Å². The number of anilines is 2. The Kier molecular flexibility index (Phi) is 6.17. The molecular weight excluding hydrogens is 444 g/mol. The van der Waals surface area contributed by atoms with Crippen molar-refractivity contribution in [1.82, 2.24) is 0 Å². The van der Waals surface area contributed by atoms with E-state index in [1.165, 1.54) is 4.31 Å². The fourth-order valence-electron chi connectivity index (χ4n) is 3.49. The van der Waals surface area contributed by atoms with Gasteiger partial charge in [-0.3, -0.25) is 9.10 Å². The van der Waals surface area contributed by atoms with Gasteiger partial charge in [-0.25, -0.2) is 8.42 Å². The van der Waals surface area contributed by atoms with Crippen molar-refractivity contribution in [2.75, 3.05) is 22.4 Å². The predicted octanol–water partition coefficient (Wildman–Crippen LogP) is 4.62. The van der Waals surface area contributed by atoms with Crippen LogP contribution in [0.25, 0.3) is 0 Å². The molecule has 1 aliphatic rings. The molecule has 0 aromatic heterocycles. The van der Waals surface area contributed by atoms with Crippen LogP contribution < -0.4 is 14.4 Å². The van der Waals surface area contributed by atoms with E-state index >= 15 is 0 Å². The van der Waals surface area contributed by atoms with Gasteiger partial charge >= 0.3 is 0 Å². The number of hydrogen-bond donors (Lipinski definition) is 1. The molecule has 0 aliphatic carbocycles. The van der Waals surface area contributed by atoms with Crippen molar-refractivity contribution in [1.29, 1.82) is 0 Å². The van der Waals surface area contributed by atoms with Crippen molar-refractivity contribution < 1.29 is 17.9 Å². The number of amides is 1. The van der Waals surface area contributed by atoms with Gasteiger partial charge in [-0.05, 0) is 68.1 Å². The fraction of sp³-hybridized carbons (Fsp3) is 0.208. The van der Waals surface area contributed by atoms with Crippen LogP contribution in [-0.4, -0.2) is 33.2 Å². The highest BCUT2D eigenvalue weighted by Gasteiger charge is 2.37. The number of nitrogens with zero attached hydrogens (tertiary/aromatic N) is 1. The van der Waals surface area contributed by atoms with Crippen LogP contribution in [0, 0.1) is 13.8 Å². The monoisotopic (exact) mass is 468 g/mol. The van der Waals surface area contributed by atoms with E-state index in [2.05, 4.69) is 5.32 Å². The van der Waals surface area contributed by atoms with E-state index in [1.807, 2.05) is 44.4 Å². The second-order valence-corrected chi connectivity index (χ2v) is 10.4. The molecule has 1 atom stereocenters. The Bertz CT molecular complexity index is 1260. The number of sulfonamides is 1. The Morgan fingerprint density at radius 1 is 1.03 bits per heavy atom. The van der Waals surface area contributed by atoms with Crippen molar-refractivity contribution in [3.05, 3.63) is 77.9 Å². The second-order valence-electron chi connectivity index (χ2n) is 7.65. The first-order valence-corrected chi connectivity index (χ1v) is 12.8. The minimum atomic E-state index is -3.89. The number of ether oxygens (including phenoxy) is 1. The van der Waals surface area contributed by atoms with Crippen LogP contribution >= 0.6 is 11.8 Å². The number of carbonyl (C=O) groups excluding carboxylic acids is 1. The summed E-state index contributed by atoms with van der Waals surface area (Å²) >= 11 is 1.57. The van der Waals surface area contributed by atoms with Gasteiger partial charge in [-0.1, -0.05) is 29.8 Å². The first-order chi connectivity index (χ1) is 15.3. The molecule has 32 heavy (non-hydrogen) atoms. The highest BCUT2D eigenvalue weighted by molar-refractivity contribution is 7.98. The summed E-state index contributed by atoms with van der Waals surface area (Å²) in [5.74, 6) is -0.0471. The largest absolute Gasteiger partial charge is 0.476 e. The van der Waals surface area contributed by atoms with E-state index in [4.69, 9.17) is 4.74 Å².